The molecule has 2 atom stereocenters. The van der Waals surface area contributed by atoms with Crippen molar-refractivity contribution in [1.82, 2.24) is 21.1 Å². The molecule has 0 spiro atoms. The van der Waals surface area contributed by atoms with Crippen LogP contribution in [0.2, 0.25) is 0 Å². The smallest absolute Gasteiger partial charge is 0.244 e. The fourth-order valence-corrected chi connectivity index (χ4v) is 6.28. The van der Waals surface area contributed by atoms with Crippen molar-refractivity contribution in [3.05, 3.63) is 132 Å². The van der Waals surface area contributed by atoms with Crippen LogP contribution in [0.15, 0.2) is 109 Å². The molecule has 1 heterocycles. The third-order valence-electron chi connectivity index (χ3n) is 9.01. The predicted octanol–water partition coefficient (Wildman–Crippen LogP) is 6.71. The number of amides is 3. The Morgan fingerprint density at radius 3 is 2.04 bits per heavy atom. The first-order chi connectivity index (χ1) is 23.9. The van der Waals surface area contributed by atoms with Crippen molar-refractivity contribution in [3.8, 4) is 11.1 Å². The lowest BCUT2D eigenvalue weighted by Gasteiger charge is -2.22. The minimum atomic E-state index is -0.856. The van der Waals surface area contributed by atoms with Gasteiger partial charge in [0.25, 0.3) is 0 Å². The summed E-state index contributed by atoms with van der Waals surface area (Å²) in [7, 11) is 0. The molecule has 0 fully saturated rings. The zero-order chi connectivity index (χ0) is 34.4. The Morgan fingerprint density at radius 1 is 0.735 bits per heavy atom. The summed E-state index contributed by atoms with van der Waals surface area (Å²) in [6.07, 6.45) is 6.59. The number of carbonyl (C=O) groups is 3. The van der Waals surface area contributed by atoms with Gasteiger partial charge in [0.15, 0.2) is 0 Å². The van der Waals surface area contributed by atoms with Crippen molar-refractivity contribution < 1.29 is 19.6 Å². The Balaban J connectivity index is 1.23. The maximum atomic E-state index is 13.7. The normalized spacial score (nSPS) is 12.3. The van der Waals surface area contributed by atoms with Gasteiger partial charge < -0.3 is 15.6 Å². The molecule has 8 heteroatoms. The predicted molar refractivity (Wildman–Crippen MR) is 194 cm³/mol. The third kappa shape index (κ3) is 10.1. The van der Waals surface area contributed by atoms with Crippen LogP contribution in [0.3, 0.4) is 0 Å². The second-order valence-corrected chi connectivity index (χ2v) is 12.6. The number of H-pyrrole nitrogens is 1. The molecule has 49 heavy (non-hydrogen) atoms. The minimum absolute atomic E-state index is 0.190. The summed E-state index contributed by atoms with van der Waals surface area (Å²) in [5.74, 6) is -2.06. The Morgan fingerprint density at radius 2 is 1.37 bits per heavy atom. The monoisotopic (exact) mass is 658 g/mol. The number of aryl methyl sites for hydroxylation is 2. The highest BCUT2D eigenvalue weighted by Crippen LogP contribution is 2.23. The number of hydrogen-bond donors (Lipinski definition) is 5. The van der Waals surface area contributed by atoms with E-state index in [1.54, 1.807) is 5.48 Å². The molecule has 0 saturated heterocycles. The quantitative estimate of drug-likeness (QED) is 0.0563. The molecule has 0 aliphatic rings. The molecule has 5 N–H and O–H groups in total. The molecule has 8 nitrogen and oxygen atoms in total. The zero-order valence-electron chi connectivity index (χ0n) is 28.1. The number of para-hydroxylation sites is 1. The van der Waals surface area contributed by atoms with Crippen molar-refractivity contribution in [2.45, 2.75) is 64.3 Å². The first-order valence-corrected chi connectivity index (χ1v) is 17.2. The van der Waals surface area contributed by atoms with Gasteiger partial charge in [0.1, 0.15) is 6.04 Å². The molecule has 0 saturated carbocycles. The van der Waals surface area contributed by atoms with Gasteiger partial charge in [0.05, 0.1) is 0 Å². The number of rotatable bonds is 17. The highest BCUT2D eigenvalue weighted by Gasteiger charge is 2.28. The number of carbonyl (C=O) groups excluding carboxylic acids is 3. The summed E-state index contributed by atoms with van der Waals surface area (Å²) < 4.78 is 0. The Bertz CT molecular complexity index is 1800. The van der Waals surface area contributed by atoms with Gasteiger partial charge in [0.2, 0.25) is 17.7 Å². The first-order valence-electron chi connectivity index (χ1n) is 17.2. The van der Waals surface area contributed by atoms with E-state index in [9.17, 15) is 19.6 Å². The summed E-state index contributed by atoms with van der Waals surface area (Å²) >= 11 is 0. The SMILES string of the molecule is CCCc1ccc(-c2ccc(CCCC(CC(=O)NO)C(=O)N[C@@H](Cc3c[nH]c4ccccc34)C(=O)NCCc3ccccc3)cc2)cc1. The van der Waals surface area contributed by atoms with Crippen molar-refractivity contribution in [2.75, 3.05) is 6.54 Å². The number of hydrogen-bond acceptors (Lipinski definition) is 4. The topological polar surface area (TPSA) is 123 Å². The molecule has 0 radical (unpaired) electrons. The summed E-state index contributed by atoms with van der Waals surface area (Å²) in [4.78, 5) is 42.8. The molecule has 254 valence electrons. The van der Waals surface area contributed by atoms with E-state index in [4.69, 9.17) is 0 Å². The summed E-state index contributed by atoms with van der Waals surface area (Å²) in [6.45, 7) is 2.60. The lowest BCUT2D eigenvalue weighted by atomic mass is 9.94. The fourth-order valence-electron chi connectivity index (χ4n) is 6.28. The van der Waals surface area contributed by atoms with E-state index >= 15 is 0 Å². The second-order valence-electron chi connectivity index (χ2n) is 12.6. The van der Waals surface area contributed by atoms with Gasteiger partial charge >= 0.3 is 0 Å². The van der Waals surface area contributed by atoms with Gasteiger partial charge in [-0.15, -0.1) is 0 Å². The van der Waals surface area contributed by atoms with Crippen molar-refractivity contribution in [3.63, 3.8) is 0 Å². The van der Waals surface area contributed by atoms with E-state index in [0.717, 1.165) is 52.4 Å². The van der Waals surface area contributed by atoms with Crippen LogP contribution in [0.1, 0.15) is 54.9 Å². The van der Waals surface area contributed by atoms with E-state index in [-0.39, 0.29) is 18.7 Å². The molecule has 3 amide bonds. The molecule has 5 aromatic rings. The van der Waals surface area contributed by atoms with Crippen LogP contribution in [0.25, 0.3) is 22.0 Å². The fraction of sp³-hybridized carbons (Fsp3) is 0.293. The molecule has 0 aliphatic heterocycles. The number of fused-ring (bicyclic) bond motifs is 1. The van der Waals surface area contributed by atoms with E-state index in [0.29, 0.717) is 25.8 Å². The first kappa shape index (κ1) is 35.1. The average Bonchev–Trinajstić information content (AvgIpc) is 3.54. The van der Waals surface area contributed by atoms with Crippen molar-refractivity contribution in [2.24, 2.45) is 5.92 Å². The molecule has 1 aromatic heterocycles. The highest BCUT2D eigenvalue weighted by atomic mass is 16.5. The van der Waals surface area contributed by atoms with E-state index < -0.39 is 23.8 Å². The van der Waals surface area contributed by atoms with Crippen LogP contribution in [0, 0.1) is 5.92 Å². The Labute approximate surface area is 288 Å². The molecule has 5 rings (SSSR count). The number of nitrogens with one attached hydrogen (secondary N) is 4. The highest BCUT2D eigenvalue weighted by molar-refractivity contribution is 5.91. The van der Waals surface area contributed by atoms with Gasteiger partial charge in [-0.2, -0.15) is 0 Å². The van der Waals surface area contributed by atoms with Gasteiger partial charge in [0, 0.05) is 42.4 Å². The van der Waals surface area contributed by atoms with Crippen LogP contribution < -0.4 is 16.1 Å². The van der Waals surface area contributed by atoms with Crippen LogP contribution >= 0.6 is 0 Å². The molecular formula is C41H46N4O4. The van der Waals surface area contributed by atoms with Gasteiger partial charge in [-0.05, 0) is 71.6 Å². The van der Waals surface area contributed by atoms with Gasteiger partial charge in [-0.25, -0.2) is 5.48 Å². The van der Waals surface area contributed by atoms with E-state index in [1.807, 2.05) is 60.8 Å². The molecule has 0 bridgehead atoms. The van der Waals surface area contributed by atoms with E-state index in [2.05, 4.69) is 71.1 Å². The molecule has 0 aliphatic carbocycles. The second kappa shape index (κ2) is 17.8. The molecule has 1 unspecified atom stereocenters. The number of aromatic amines is 1. The largest absolute Gasteiger partial charge is 0.361 e. The Hall–Kier alpha value is -5.21. The summed E-state index contributed by atoms with van der Waals surface area (Å²) in [6, 6.07) is 34.0. The van der Waals surface area contributed by atoms with Crippen LogP contribution in [-0.4, -0.2) is 40.5 Å². The van der Waals surface area contributed by atoms with E-state index in [1.165, 1.54) is 11.1 Å². The summed E-state index contributed by atoms with van der Waals surface area (Å²) in [5.41, 5.74) is 9.41. The zero-order valence-corrected chi connectivity index (χ0v) is 28.1. The number of benzene rings is 4. The summed E-state index contributed by atoms with van der Waals surface area (Å²) in [5, 5.41) is 16.2. The standard InChI is InChI=1S/C41H46N4O4/c1-2-9-29-16-20-32(21-17-29)33-22-18-31(19-23-33)12-8-13-34(27-39(46)45-49)40(47)44-38(26-35-28-43-37-15-7-6-14-36(35)37)41(48)42-25-24-30-10-4-3-5-11-30/h3-7,10-11,14-23,28,34,38,43,49H,2,8-9,12-13,24-27H2,1H3,(H,42,48)(H,44,47)(H,45,46)/t34?,38-/m0/s1. The van der Waals surface area contributed by atoms with Crippen LogP contribution in [0.5, 0.6) is 0 Å². The third-order valence-corrected chi connectivity index (χ3v) is 9.01. The van der Waals surface area contributed by atoms with Gasteiger partial charge in [-0.1, -0.05) is 110 Å². The lowest BCUT2D eigenvalue weighted by molar-refractivity contribution is -0.136. The van der Waals surface area contributed by atoms with Crippen LogP contribution in [-0.2, 0) is 40.1 Å². The van der Waals surface area contributed by atoms with Crippen molar-refractivity contribution in [1.29, 1.82) is 0 Å². The average molecular weight is 659 g/mol. The Kier molecular flexibility index (Phi) is 12.8. The molecular weight excluding hydrogens is 612 g/mol. The number of hydroxylamine groups is 1. The molecule has 4 aromatic carbocycles. The van der Waals surface area contributed by atoms with Crippen molar-refractivity contribution >= 4 is 28.6 Å². The maximum absolute atomic E-state index is 13.7. The van der Waals surface area contributed by atoms with Crippen LogP contribution in [0.4, 0.5) is 0 Å². The van der Waals surface area contributed by atoms with Gasteiger partial charge in [-0.3, -0.25) is 19.6 Å². The number of aromatic nitrogens is 1. The maximum Gasteiger partial charge on any atom is 0.244 e. The minimum Gasteiger partial charge on any atom is -0.361 e. The lowest BCUT2D eigenvalue weighted by Crippen LogP contribution is -2.50.